The Morgan fingerprint density at radius 1 is 0.611 bits per heavy atom. The van der Waals surface area contributed by atoms with E-state index in [4.69, 9.17) is 0 Å². The maximum atomic E-state index is 12.5. The van der Waals surface area contributed by atoms with E-state index in [1.165, 1.54) is 16.0 Å². The second-order valence-corrected chi connectivity index (χ2v) is 8.63. The Morgan fingerprint density at radius 2 is 1.06 bits per heavy atom. The molecule has 0 unspecified atom stereocenters. The molecule has 0 radical (unpaired) electrons. The van der Waals surface area contributed by atoms with Crippen molar-refractivity contribution in [3.63, 3.8) is 0 Å². The van der Waals surface area contributed by atoms with Crippen molar-refractivity contribution in [2.24, 2.45) is 0 Å². The molecule has 1 fully saturated rings. The predicted octanol–water partition coefficient (Wildman–Crippen LogP) is 4.54. The highest BCUT2D eigenvalue weighted by Crippen LogP contribution is 2.29. The van der Waals surface area contributed by atoms with Gasteiger partial charge >= 0.3 is 0 Å². The molecule has 7 heteroatoms. The normalized spacial score (nSPS) is 15.5. The number of imide groups is 1. The zero-order chi connectivity index (χ0) is 23.3. The van der Waals surface area contributed by atoms with Crippen LogP contribution in [0.2, 0.25) is 0 Å². The number of carbonyl (C=O) groups is 2. The maximum Gasteiger partial charge on any atom is 0.262 e. The molecule has 186 valence electrons. The summed E-state index contributed by atoms with van der Waals surface area (Å²) in [4.78, 5) is 31.0. The van der Waals surface area contributed by atoms with Crippen molar-refractivity contribution in [3.05, 3.63) is 107 Å². The summed E-state index contributed by atoms with van der Waals surface area (Å²) in [7, 11) is 0. The van der Waals surface area contributed by atoms with E-state index in [9.17, 15) is 9.59 Å². The molecule has 3 aromatic carbocycles. The zero-order valence-electron chi connectivity index (χ0n) is 19.9. The molecule has 2 amide bonds. The van der Waals surface area contributed by atoms with E-state index in [2.05, 4.69) is 82.3 Å². The fourth-order valence-corrected chi connectivity index (χ4v) is 4.75. The first-order chi connectivity index (χ1) is 16.7. The monoisotopic (exact) mass is 521 g/mol. The smallest absolute Gasteiger partial charge is 0.262 e. The zero-order valence-corrected chi connectivity index (χ0v) is 21.5. The highest BCUT2D eigenvalue weighted by Gasteiger charge is 2.34. The number of fused-ring (bicyclic) bond motifs is 1. The Bertz CT molecular complexity index is 1160. The predicted molar refractivity (Wildman–Crippen MR) is 147 cm³/mol. The van der Waals surface area contributed by atoms with Crippen molar-refractivity contribution in [3.8, 4) is 11.8 Å². The lowest BCUT2D eigenvalue weighted by Gasteiger charge is -2.39. The first-order valence-corrected chi connectivity index (χ1v) is 11.7. The first-order valence-electron chi connectivity index (χ1n) is 11.7. The van der Waals surface area contributed by atoms with Crippen LogP contribution in [0.25, 0.3) is 0 Å². The van der Waals surface area contributed by atoms with Gasteiger partial charge in [0.25, 0.3) is 11.8 Å². The number of nitrogens with zero attached hydrogens (tertiary/aromatic N) is 3. The number of hydrogen-bond acceptors (Lipinski definition) is 4. The van der Waals surface area contributed by atoms with E-state index in [1.807, 2.05) is 0 Å². The molecular formula is C29H29Cl2N3O2. The molecule has 2 heterocycles. The molecule has 1 saturated heterocycles. The van der Waals surface area contributed by atoms with Crippen LogP contribution in [0.1, 0.15) is 37.9 Å². The van der Waals surface area contributed by atoms with Crippen LogP contribution in [-0.2, 0) is 0 Å². The van der Waals surface area contributed by atoms with E-state index in [0.29, 0.717) is 17.7 Å². The van der Waals surface area contributed by atoms with Crippen molar-refractivity contribution in [1.82, 2.24) is 14.7 Å². The van der Waals surface area contributed by atoms with Gasteiger partial charge < -0.3 is 0 Å². The Balaban J connectivity index is 0.00000180. The van der Waals surface area contributed by atoms with Crippen LogP contribution in [0.5, 0.6) is 0 Å². The minimum atomic E-state index is -0.253. The molecule has 0 N–H and O–H groups in total. The summed E-state index contributed by atoms with van der Waals surface area (Å²) in [5.74, 6) is 5.70. The molecule has 0 saturated carbocycles. The largest absolute Gasteiger partial charge is 0.290 e. The third kappa shape index (κ3) is 5.80. The van der Waals surface area contributed by atoms with Gasteiger partial charge in [0.1, 0.15) is 0 Å². The number of amides is 2. The SMILES string of the molecule is Cl.Cl.O=C1c2ccccc2C(=O)N1CC#CCN1CCN(C(c2ccccc2)c2ccccc2)CC1. The molecule has 2 aliphatic heterocycles. The number of carbonyl (C=O) groups excluding carboxylic acids is 2. The fourth-order valence-electron chi connectivity index (χ4n) is 4.75. The number of piperazine rings is 1. The summed E-state index contributed by atoms with van der Waals surface area (Å²) in [6, 6.07) is 28.5. The topological polar surface area (TPSA) is 43.9 Å². The first kappa shape index (κ1) is 27.4. The van der Waals surface area contributed by atoms with Crippen molar-refractivity contribution in [2.75, 3.05) is 39.3 Å². The lowest BCUT2D eigenvalue weighted by molar-refractivity contribution is 0.0674. The number of halogens is 2. The molecule has 2 aliphatic rings. The summed E-state index contributed by atoms with van der Waals surface area (Å²) >= 11 is 0. The van der Waals surface area contributed by atoms with Gasteiger partial charge in [0.05, 0.1) is 30.3 Å². The highest BCUT2D eigenvalue weighted by molar-refractivity contribution is 6.21. The number of rotatable bonds is 5. The average Bonchev–Trinajstić information content (AvgIpc) is 3.14. The molecule has 5 nitrogen and oxygen atoms in total. The molecule has 3 aromatic rings. The third-order valence-corrected chi connectivity index (χ3v) is 6.55. The molecule has 0 bridgehead atoms. The molecule has 0 aliphatic carbocycles. The number of benzene rings is 3. The molecule has 0 spiro atoms. The van der Waals surface area contributed by atoms with Gasteiger partial charge in [-0.3, -0.25) is 24.3 Å². The maximum absolute atomic E-state index is 12.5. The lowest BCUT2D eigenvalue weighted by atomic mass is 9.96. The van der Waals surface area contributed by atoms with Gasteiger partial charge in [0, 0.05) is 26.2 Å². The third-order valence-electron chi connectivity index (χ3n) is 6.55. The van der Waals surface area contributed by atoms with Crippen LogP contribution < -0.4 is 0 Å². The summed E-state index contributed by atoms with van der Waals surface area (Å²) in [5, 5.41) is 0. The average molecular weight is 522 g/mol. The Kier molecular flexibility index (Phi) is 9.69. The second-order valence-electron chi connectivity index (χ2n) is 8.63. The molecule has 36 heavy (non-hydrogen) atoms. The summed E-state index contributed by atoms with van der Waals surface area (Å²) in [6.45, 7) is 4.54. The van der Waals surface area contributed by atoms with Gasteiger partial charge in [0.15, 0.2) is 0 Å². The highest BCUT2D eigenvalue weighted by atomic mass is 35.5. The van der Waals surface area contributed by atoms with Gasteiger partial charge in [0.2, 0.25) is 0 Å². The van der Waals surface area contributed by atoms with E-state index in [-0.39, 0.29) is 49.2 Å². The second kappa shape index (κ2) is 12.7. The van der Waals surface area contributed by atoms with E-state index in [0.717, 1.165) is 26.2 Å². The summed E-state index contributed by atoms with van der Waals surface area (Å²) in [5.41, 5.74) is 3.55. The van der Waals surface area contributed by atoms with Gasteiger partial charge in [-0.05, 0) is 23.3 Å². The van der Waals surface area contributed by atoms with Crippen molar-refractivity contribution >= 4 is 36.6 Å². The minimum absolute atomic E-state index is 0. The Morgan fingerprint density at radius 3 is 1.56 bits per heavy atom. The lowest BCUT2D eigenvalue weighted by Crippen LogP contribution is -2.47. The number of hydrogen-bond donors (Lipinski definition) is 0. The molecule has 5 rings (SSSR count). The summed E-state index contributed by atoms with van der Waals surface area (Å²) in [6.07, 6.45) is 0. The van der Waals surface area contributed by atoms with Crippen LogP contribution in [0.3, 0.4) is 0 Å². The van der Waals surface area contributed by atoms with Crippen LogP contribution in [0, 0.1) is 11.8 Å². The standard InChI is InChI=1S/C29H27N3O2.2ClH/c33-28-25-15-7-8-16-26(25)29(34)32(28)18-10-9-17-30-19-21-31(22-20-30)27(23-11-3-1-4-12-23)24-13-5-2-6-14-24;;/h1-8,11-16,27H,17-22H2;2*1H. The quantitative estimate of drug-likeness (QED) is 0.365. The Labute approximate surface area is 224 Å². The Hall–Kier alpha value is -3.14. The van der Waals surface area contributed by atoms with Crippen LogP contribution >= 0.6 is 24.8 Å². The van der Waals surface area contributed by atoms with Gasteiger partial charge in [-0.1, -0.05) is 84.6 Å². The fraction of sp³-hybridized carbons (Fsp3) is 0.241. The molecule has 0 atom stereocenters. The van der Waals surface area contributed by atoms with Gasteiger partial charge in [-0.15, -0.1) is 24.8 Å². The minimum Gasteiger partial charge on any atom is -0.290 e. The van der Waals surface area contributed by atoms with Crippen LogP contribution in [0.4, 0.5) is 0 Å². The van der Waals surface area contributed by atoms with Crippen molar-refractivity contribution in [2.45, 2.75) is 6.04 Å². The van der Waals surface area contributed by atoms with Crippen LogP contribution in [-0.4, -0.2) is 65.8 Å². The van der Waals surface area contributed by atoms with Crippen molar-refractivity contribution in [1.29, 1.82) is 0 Å². The van der Waals surface area contributed by atoms with Gasteiger partial charge in [-0.2, -0.15) is 0 Å². The van der Waals surface area contributed by atoms with E-state index in [1.54, 1.807) is 24.3 Å². The summed E-state index contributed by atoms with van der Waals surface area (Å²) < 4.78 is 0. The van der Waals surface area contributed by atoms with E-state index < -0.39 is 0 Å². The van der Waals surface area contributed by atoms with Gasteiger partial charge in [-0.25, -0.2) is 0 Å². The van der Waals surface area contributed by atoms with Crippen molar-refractivity contribution < 1.29 is 9.59 Å². The molecular weight excluding hydrogens is 493 g/mol. The molecule has 0 aromatic heterocycles. The van der Waals surface area contributed by atoms with E-state index >= 15 is 0 Å². The van der Waals surface area contributed by atoms with Crippen LogP contribution in [0.15, 0.2) is 84.9 Å².